The van der Waals surface area contributed by atoms with Crippen molar-refractivity contribution in [3.8, 4) is 11.5 Å². The number of hydrogen-bond donors (Lipinski definition) is 1. The van der Waals surface area contributed by atoms with E-state index in [-0.39, 0.29) is 24.0 Å². The van der Waals surface area contributed by atoms with E-state index in [1.807, 2.05) is 31.3 Å². The van der Waals surface area contributed by atoms with Crippen LogP contribution in [-0.2, 0) is 9.47 Å². The van der Waals surface area contributed by atoms with E-state index in [0.29, 0.717) is 12.5 Å². The van der Waals surface area contributed by atoms with Crippen molar-refractivity contribution in [3.63, 3.8) is 0 Å². The lowest BCUT2D eigenvalue weighted by Gasteiger charge is -2.22. The van der Waals surface area contributed by atoms with Crippen molar-refractivity contribution < 1.29 is 18.9 Å². The van der Waals surface area contributed by atoms with Crippen molar-refractivity contribution in [2.24, 2.45) is 10.9 Å². The molecule has 1 aliphatic heterocycles. The minimum atomic E-state index is 0. The third-order valence-electron chi connectivity index (χ3n) is 4.54. The van der Waals surface area contributed by atoms with E-state index in [9.17, 15) is 0 Å². The molecule has 1 aromatic carbocycles. The Hall–Kier alpha value is -1.26. The molecule has 1 aliphatic rings. The molecule has 0 aromatic heterocycles. The van der Waals surface area contributed by atoms with Crippen LogP contribution in [0.4, 0.5) is 0 Å². The monoisotopic (exact) mass is 521 g/mol. The number of nitrogens with one attached hydrogen (secondary N) is 1. The Morgan fingerprint density at radius 2 is 2.00 bits per heavy atom. The van der Waals surface area contributed by atoms with Crippen molar-refractivity contribution in [1.29, 1.82) is 0 Å². The fourth-order valence-electron chi connectivity index (χ4n) is 2.86. The lowest BCUT2D eigenvalue weighted by Crippen LogP contribution is -2.41. The minimum Gasteiger partial charge on any atom is -0.497 e. The Morgan fingerprint density at radius 3 is 2.66 bits per heavy atom. The van der Waals surface area contributed by atoms with Crippen molar-refractivity contribution >= 4 is 29.9 Å². The van der Waals surface area contributed by atoms with Gasteiger partial charge in [-0.1, -0.05) is 0 Å². The van der Waals surface area contributed by atoms with Gasteiger partial charge in [-0.2, -0.15) is 0 Å². The maximum atomic E-state index is 5.80. The average molecular weight is 521 g/mol. The van der Waals surface area contributed by atoms with Gasteiger partial charge in [0, 0.05) is 39.3 Å². The molecule has 0 spiro atoms. The third kappa shape index (κ3) is 10.4. The Kier molecular flexibility index (Phi) is 13.8. The Labute approximate surface area is 192 Å². The molecule has 0 radical (unpaired) electrons. The number of nitrogens with zero attached hydrogens (tertiary/aromatic N) is 2. The number of likely N-dealkylation sites (N-methyl/N-ethyl adjacent to an activating group) is 1. The maximum absolute atomic E-state index is 5.80. The molecular formula is C21H36IN3O4. The first-order chi connectivity index (χ1) is 13.7. The number of aliphatic imine (C=N–C) groups is 1. The Balaban J connectivity index is 0.00000420. The van der Waals surface area contributed by atoms with Gasteiger partial charge in [0.15, 0.2) is 5.96 Å². The molecular weight excluding hydrogens is 485 g/mol. The standard InChI is InChI=1S/C21H35N3O4.HI/c1-4-22-21(23-11-5-13-26-16-18-10-14-27-17-18)24(2)12-15-28-20-8-6-19(25-3)7-9-20;/h6-9,18H,4-5,10-17H2,1-3H3,(H,22,23);1H. The highest BCUT2D eigenvalue weighted by molar-refractivity contribution is 14.0. The highest BCUT2D eigenvalue weighted by atomic mass is 127. The summed E-state index contributed by atoms with van der Waals surface area (Å²) in [6.45, 7) is 8.23. The van der Waals surface area contributed by atoms with Gasteiger partial charge < -0.3 is 29.2 Å². The van der Waals surface area contributed by atoms with Crippen LogP contribution >= 0.6 is 24.0 Å². The van der Waals surface area contributed by atoms with Gasteiger partial charge in [-0.3, -0.25) is 4.99 Å². The first kappa shape index (κ1) is 25.8. The number of guanidine groups is 1. The van der Waals surface area contributed by atoms with Crippen LogP contribution in [0.3, 0.4) is 0 Å². The highest BCUT2D eigenvalue weighted by Gasteiger charge is 2.15. The Morgan fingerprint density at radius 1 is 1.24 bits per heavy atom. The molecule has 1 atom stereocenters. The fraction of sp³-hybridized carbons (Fsp3) is 0.667. The summed E-state index contributed by atoms with van der Waals surface area (Å²) in [6.07, 6.45) is 2.03. The molecule has 166 valence electrons. The van der Waals surface area contributed by atoms with E-state index in [2.05, 4.69) is 22.1 Å². The van der Waals surface area contributed by atoms with Crippen LogP contribution in [-0.4, -0.2) is 77.7 Å². The maximum Gasteiger partial charge on any atom is 0.193 e. The lowest BCUT2D eigenvalue weighted by atomic mass is 10.1. The molecule has 2 rings (SSSR count). The van der Waals surface area contributed by atoms with Crippen LogP contribution in [0.15, 0.2) is 29.3 Å². The van der Waals surface area contributed by atoms with Gasteiger partial charge in [-0.25, -0.2) is 0 Å². The number of ether oxygens (including phenoxy) is 4. The summed E-state index contributed by atoms with van der Waals surface area (Å²) in [4.78, 5) is 6.77. The molecule has 1 unspecified atom stereocenters. The molecule has 0 saturated carbocycles. The molecule has 7 nitrogen and oxygen atoms in total. The topological polar surface area (TPSA) is 64.6 Å². The fourth-order valence-corrected chi connectivity index (χ4v) is 2.86. The third-order valence-corrected chi connectivity index (χ3v) is 4.54. The molecule has 1 N–H and O–H groups in total. The second-order valence-electron chi connectivity index (χ2n) is 6.84. The van der Waals surface area contributed by atoms with E-state index >= 15 is 0 Å². The zero-order valence-electron chi connectivity index (χ0n) is 17.9. The van der Waals surface area contributed by atoms with Gasteiger partial charge in [0.25, 0.3) is 0 Å². The van der Waals surface area contributed by atoms with Crippen molar-refractivity contribution in [1.82, 2.24) is 10.2 Å². The normalized spacial score (nSPS) is 16.2. The first-order valence-corrected chi connectivity index (χ1v) is 10.1. The molecule has 0 amide bonds. The summed E-state index contributed by atoms with van der Waals surface area (Å²) in [5, 5.41) is 3.33. The van der Waals surface area contributed by atoms with Gasteiger partial charge in [-0.05, 0) is 44.0 Å². The van der Waals surface area contributed by atoms with Crippen LogP contribution in [0.1, 0.15) is 19.8 Å². The average Bonchev–Trinajstić information content (AvgIpc) is 3.23. The van der Waals surface area contributed by atoms with E-state index in [0.717, 1.165) is 76.4 Å². The highest BCUT2D eigenvalue weighted by Crippen LogP contribution is 2.16. The number of methoxy groups -OCH3 is 1. The molecule has 29 heavy (non-hydrogen) atoms. The molecule has 1 saturated heterocycles. The second kappa shape index (κ2) is 15.6. The Bertz CT molecular complexity index is 566. The van der Waals surface area contributed by atoms with Crippen LogP contribution < -0.4 is 14.8 Å². The van der Waals surface area contributed by atoms with E-state index in [4.69, 9.17) is 18.9 Å². The summed E-state index contributed by atoms with van der Waals surface area (Å²) in [7, 11) is 3.68. The van der Waals surface area contributed by atoms with Gasteiger partial charge in [0.1, 0.15) is 18.1 Å². The number of benzene rings is 1. The van der Waals surface area contributed by atoms with Crippen molar-refractivity contribution in [2.45, 2.75) is 19.8 Å². The number of hydrogen-bond acceptors (Lipinski definition) is 5. The summed E-state index contributed by atoms with van der Waals surface area (Å²) >= 11 is 0. The van der Waals surface area contributed by atoms with E-state index < -0.39 is 0 Å². The molecule has 1 aromatic rings. The van der Waals surface area contributed by atoms with Crippen LogP contribution in [0.5, 0.6) is 11.5 Å². The van der Waals surface area contributed by atoms with Gasteiger partial charge in [-0.15, -0.1) is 24.0 Å². The quantitative estimate of drug-likeness (QED) is 0.198. The number of rotatable bonds is 12. The van der Waals surface area contributed by atoms with Gasteiger partial charge >= 0.3 is 0 Å². The molecule has 0 bridgehead atoms. The molecule has 8 heteroatoms. The lowest BCUT2D eigenvalue weighted by molar-refractivity contribution is 0.0893. The SMILES string of the molecule is CCNC(=NCCCOCC1CCOC1)N(C)CCOc1ccc(OC)cc1.I. The first-order valence-electron chi connectivity index (χ1n) is 10.1. The van der Waals surface area contributed by atoms with Crippen molar-refractivity contribution in [2.75, 3.05) is 66.8 Å². The second-order valence-corrected chi connectivity index (χ2v) is 6.84. The molecule has 0 aliphatic carbocycles. The van der Waals surface area contributed by atoms with Crippen LogP contribution in [0.25, 0.3) is 0 Å². The van der Waals surface area contributed by atoms with Crippen LogP contribution in [0.2, 0.25) is 0 Å². The predicted molar refractivity (Wildman–Crippen MR) is 127 cm³/mol. The van der Waals surface area contributed by atoms with Crippen LogP contribution in [0, 0.1) is 5.92 Å². The summed E-state index contributed by atoms with van der Waals surface area (Å²) < 4.78 is 22.1. The zero-order chi connectivity index (χ0) is 20.0. The van der Waals surface area contributed by atoms with Gasteiger partial charge in [0.05, 0.1) is 26.9 Å². The molecule has 1 fully saturated rings. The zero-order valence-corrected chi connectivity index (χ0v) is 20.2. The number of halogens is 1. The predicted octanol–water partition coefficient (Wildman–Crippen LogP) is 3.03. The largest absolute Gasteiger partial charge is 0.497 e. The smallest absolute Gasteiger partial charge is 0.193 e. The van der Waals surface area contributed by atoms with E-state index in [1.165, 1.54) is 0 Å². The molecule has 1 heterocycles. The summed E-state index contributed by atoms with van der Waals surface area (Å²) in [6, 6.07) is 7.62. The summed E-state index contributed by atoms with van der Waals surface area (Å²) in [5.41, 5.74) is 0. The summed E-state index contributed by atoms with van der Waals surface area (Å²) in [5.74, 6) is 3.12. The van der Waals surface area contributed by atoms with Crippen molar-refractivity contribution in [3.05, 3.63) is 24.3 Å². The minimum absolute atomic E-state index is 0. The van der Waals surface area contributed by atoms with E-state index in [1.54, 1.807) is 7.11 Å². The van der Waals surface area contributed by atoms with Gasteiger partial charge in [0.2, 0.25) is 0 Å².